The highest BCUT2D eigenvalue weighted by atomic mass is 35.5. The summed E-state index contributed by atoms with van der Waals surface area (Å²) in [6, 6.07) is 7.30. The molecule has 2 fully saturated rings. The number of hydrogen-bond acceptors (Lipinski definition) is 3. The number of hydrogen-bond donors (Lipinski definition) is 1. The Morgan fingerprint density at radius 1 is 1.25 bits per heavy atom. The summed E-state index contributed by atoms with van der Waals surface area (Å²) in [6.07, 6.45) is 4.55. The lowest BCUT2D eigenvalue weighted by molar-refractivity contribution is -0.145. The number of piperidine rings is 1. The zero-order valence-electron chi connectivity index (χ0n) is 13.8. The molecule has 1 spiro atoms. The molecule has 0 atom stereocenters. The smallest absolute Gasteiger partial charge is 0.253 e. The van der Waals surface area contributed by atoms with E-state index in [4.69, 9.17) is 16.3 Å². The Labute approximate surface area is 146 Å². The molecule has 1 N–H and O–H groups in total. The molecule has 3 rings (SSSR count). The van der Waals surface area contributed by atoms with Gasteiger partial charge in [-0.3, -0.25) is 9.59 Å². The van der Waals surface area contributed by atoms with Crippen LogP contribution in [0.1, 0.15) is 32.3 Å². The van der Waals surface area contributed by atoms with Gasteiger partial charge in [0.2, 0.25) is 5.91 Å². The minimum atomic E-state index is -0.805. The van der Waals surface area contributed by atoms with Crippen LogP contribution in [0.15, 0.2) is 30.3 Å². The fourth-order valence-corrected chi connectivity index (χ4v) is 3.21. The number of nitrogens with one attached hydrogen (secondary N) is 1. The first-order valence-corrected chi connectivity index (χ1v) is 8.43. The van der Waals surface area contributed by atoms with Crippen LogP contribution in [-0.4, -0.2) is 41.1 Å². The largest absolute Gasteiger partial charge is 0.340 e. The number of amides is 2. The zero-order chi connectivity index (χ0) is 17.4. The van der Waals surface area contributed by atoms with Crippen molar-refractivity contribution in [1.82, 2.24) is 10.2 Å². The van der Waals surface area contributed by atoms with E-state index in [1.54, 1.807) is 43.0 Å². The lowest BCUT2D eigenvalue weighted by Crippen LogP contribution is -2.52. The minimum Gasteiger partial charge on any atom is -0.340 e. The van der Waals surface area contributed by atoms with Crippen LogP contribution < -0.4 is 5.32 Å². The number of benzene rings is 1. The van der Waals surface area contributed by atoms with E-state index >= 15 is 0 Å². The van der Waals surface area contributed by atoms with Crippen molar-refractivity contribution < 1.29 is 14.3 Å². The summed E-state index contributed by atoms with van der Waals surface area (Å²) in [4.78, 5) is 26.0. The SMILES string of the molecule is CC1(C)OC2(CCN(C(=O)/C=C/c3ccc(Cl)cc3)CC2)NC1=O. The average molecular weight is 349 g/mol. The van der Waals surface area contributed by atoms with Gasteiger partial charge in [0.25, 0.3) is 5.91 Å². The van der Waals surface area contributed by atoms with Crippen molar-refractivity contribution in [2.45, 2.75) is 38.0 Å². The van der Waals surface area contributed by atoms with Crippen LogP contribution in [-0.2, 0) is 14.3 Å². The lowest BCUT2D eigenvalue weighted by Gasteiger charge is -2.38. The molecule has 2 aliphatic rings. The first-order valence-electron chi connectivity index (χ1n) is 8.05. The summed E-state index contributed by atoms with van der Waals surface area (Å²) in [7, 11) is 0. The van der Waals surface area contributed by atoms with Crippen molar-refractivity contribution in [1.29, 1.82) is 0 Å². The molecule has 2 saturated heterocycles. The Bertz CT molecular complexity index is 674. The van der Waals surface area contributed by atoms with Crippen molar-refractivity contribution in [3.05, 3.63) is 40.9 Å². The van der Waals surface area contributed by atoms with Gasteiger partial charge in [-0.15, -0.1) is 0 Å². The molecule has 0 bridgehead atoms. The molecule has 1 aromatic carbocycles. The fraction of sp³-hybridized carbons (Fsp3) is 0.444. The van der Waals surface area contributed by atoms with Gasteiger partial charge in [0.05, 0.1) is 0 Å². The second-order valence-electron chi connectivity index (χ2n) is 6.77. The number of likely N-dealkylation sites (tertiary alicyclic amines) is 1. The highest BCUT2D eigenvalue weighted by Crippen LogP contribution is 2.34. The molecule has 1 aromatic rings. The predicted molar refractivity (Wildman–Crippen MR) is 92.3 cm³/mol. The summed E-state index contributed by atoms with van der Waals surface area (Å²) in [5, 5.41) is 3.62. The third-order valence-electron chi connectivity index (χ3n) is 4.51. The van der Waals surface area contributed by atoms with Crippen LogP contribution in [0.2, 0.25) is 5.02 Å². The maximum Gasteiger partial charge on any atom is 0.253 e. The molecule has 2 aliphatic heterocycles. The van der Waals surface area contributed by atoms with E-state index in [0.29, 0.717) is 31.0 Å². The van der Waals surface area contributed by atoms with Crippen LogP contribution in [0.5, 0.6) is 0 Å². The van der Waals surface area contributed by atoms with E-state index < -0.39 is 11.3 Å². The van der Waals surface area contributed by atoms with Gasteiger partial charge >= 0.3 is 0 Å². The first kappa shape index (κ1) is 17.0. The van der Waals surface area contributed by atoms with Gasteiger partial charge in [0.1, 0.15) is 11.3 Å². The Morgan fingerprint density at radius 2 is 1.88 bits per heavy atom. The molecule has 0 aromatic heterocycles. The average Bonchev–Trinajstić information content (AvgIpc) is 2.76. The third-order valence-corrected chi connectivity index (χ3v) is 4.76. The van der Waals surface area contributed by atoms with E-state index in [-0.39, 0.29) is 11.8 Å². The molecule has 24 heavy (non-hydrogen) atoms. The molecule has 5 nitrogen and oxygen atoms in total. The summed E-state index contributed by atoms with van der Waals surface area (Å²) in [5.41, 5.74) is -0.507. The van der Waals surface area contributed by atoms with Crippen LogP contribution in [0.4, 0.5) is 0 Å². The second kappa shape index (κ2) is 6.22. The number of nitrogens with zero attached hydrogens (tertiary/aromatic N) is 1. The number of halogens is 1. The molecule has 128 valence electrons. The van der Waals surface area contributed by atoms with Gasteiger partial charge in [0.15, 0.2) is 0 Å². The normalized spacial score (nSPS) is 22.1. The maximum absolute atomic E-state index is 12.3. The minimum absolute atomic E-state index is 0.0385. The van der Waals surface area contributed by atoms with E-state index in [1.807, 2.05) is 12.1 Å². The Balaban J connectivity index is 1.58. The van der Waals surface area contributed by atoms with Gasteiger partial charge in [0, 0.05) is 37.0 Å². The molecular weight excluding hydrogens is 328 g/mol. The first-order chi connectivity index (χ1) is 11.3. The molecule has 2 heterocycles. The van der Waals surface area contributed by atoms with Gasteiger partial charge in [-0.05, 0) is 37.6 Å². The molecule has 6 heteroatoms. The van der Waals surface area contributed by atoms with E-state index in [9.17, 15) is 9.59 Å². The van der Waals surface area contributed by atoms with Crippen molar-refractivity contribution in [2.24, 2.45) is 0 Å². The molecular formula is C18H21ClN2O3. The van der Waals surface area contributed by atoms with Crippen LogP contribution in [0, 0.1) is 0 Å². The standard InChI is InChI=1S/C18H21ClN2O3/c1-17(2)16(23)20-18(24-17)9-11-21(12-10-18)15(22)8-5-13-3-6-14(19)7-4-13/h3-8H,9-12H2,1-2H3,(H,20,23)/b8-5+. The Hall–Kier alpha value is -1.85. The van der Waals surface area contributed by atoms with Gasteiger partial charge in [-0.1, -0.05) is 23.7 Å². The monoisotopic (exact) mass is 348 g/mol. The summed E-state index contributed by atoms with van der Waals surface area (Å²) in [6.45, 7) is 4.65. The number of ether oxygens (including phenoxy) is 1. The van der Waals surface area contributed by atoms with Crippen molar-refractivity contribution in [3.63, 3.8) is 0 Å². The summed E-state index contributed by atoms with van der Waals surface area (Å²) in [5.74, 6) is -0.131. The van der Waals surface area contributed by atoms with E-state index in [1.165, 1.54) is 0 Å². The highest BCUT2D eigenvalue weighted by Gasteiger charge is 2.51. The predicted octanol–water partition coefficient (Wildman–Crippen LogP) is 2.60. The summed E-state index contributed by atoms with van der Waals surface area (Å²) >= 11 is 5.84. The summed E-state index contributed by atoms with van der Waals surface area (Å²) < 4.78 is 5.93. The zero-order valence-corrected chi connectivity index (χ0v) is 14.6. The number of rotatable bonds is 2. The Kier molecular flexibility index (Phi) is 4.40. The maximum atomic E-state index is 12.3. The molecule has 2 amide bonds. The van der Waals surface area contributed by atoms with Crippen molar-refractivity contribution in [2.75, 3.05) is 13.1 Å². The van der Waals surface area contributed by atoms with Crippen LogP contribution in [0.25, 0.3) is 6.08 Å². The van der Waals surface area contributed by atoms with Gasteiger partial charge in [-0.2, -0.15) is 0 Å². The van der Waals surface area contributed by atoms with Crippen LogP contribution >= 0.6 is 11.6 Å². The number of carbonyl (C=O) groups is 2. The Morgan fingerprint density at radius 3 is 2.42 bits per heavy atom. The molecule has 0 radical (unpaired) electrons. The third kappa shape index (κ3) is 3.47. The second-order valence-corrected chi connectivity index (χ2v) is 7.21. The molecule has 0 unspecified atom stereocenters. The highest BCUT2D eigenvalue weighted by molar-refractivity contribution is 6.30. The van der Waals surface area contributed by atoms with Crippen LogP contribution in [0.3, 0.4) is 0 Å². The van der Waals surface area contributed by atoms with Gasteiger partial charge in [-0.25, -0.2) is 0 Å². The van der Waals surface area contributed by atoms with E-state index in [0.717, 1.165) is 5.56 Å². The van der Waals surface area contributed by atoms with Gasteiger partial charge < -0.3 is 15.0 Å². The van der Waals surface area contributed by atoms with Crippen molar-refractivity contribution >= 4 is 29.5 Å². The van der Waals surface area contributed by atoms with Crippen molar-refractivity contribution in [3.8, 4) is 0 Å². The quantitative estimate of drug-likeness (QED) is 0.836. The van der Waals surface area contributed by atoms with E-state index in [2.05, 4.69) is 5.32 Å². The fourth-order valence-electron chi connectivity index (χ4n) is 3.08. The topological polar surface area (TPSA) is 58.6 Å². The molecule has 0 aliphatic carbocycles. The molecule has 0 saturated carbocycles. The number of carbonyl (C=O) groups excluding carboxylic acids is 2. The lowest BCUT2D eigenvalue weighted by atomic mass is 10.0.